The van der Waals surface area contributed by atoms with Gasteiger partial charge in [-0.3, -0.25) is 4.90 Å². The maximum Gasteiger partial charge on any atom is 0.0166 e. The number of hydrogen-bond donors (Lipinski definition) is 1. The van der Waals surface area contributed by atoms with Crippen LogP contribution < -0.4 is 5.73 Å². The number of hydrogen-bond acceptors (Lipinski definition) is 2. The van der Waals surface area contributed by atoms with E-state index >= 15 is 0 Å². The number of benzene rings is 1. The highest BCUT2D eigenvalue weighted by atomic mass is 15.1. The lowest BCUT2D eigenvalue weighted by molar-refractivity contribution is 0.234. The predicted molar refractivity (Wildman–Crippen MR) is 69.1 cm³/mol. The van der Waals surface area contributed by atoms with Gasteiger partial charge in [0.15, 0.2) is 0 Å². The molecule has 1 fully saturated rings. The minimum absolute atomic E-state index is 0.425. The average Bonchev–Trinajstić information content (AvgIpc) is 2.33. The number of likely N-dealkylation sites (tertiary alicyclic amines) is 1. The lowest BCUT2D eigenvalue weighted by atomic mass is 10.1. The molecule has 0 spiro atoms. The van der Waals surface area contributed by atoms with E-state index in [1.165, 1.54) is 5.56 Å². The van der Waals surface area contributed by atoms with Gasteiger partial charge in [0.05, 0.1) is 0 Å². The standard InChI is InChI=1S/C14H20N2/c15-14-8-11-16(12-9-14)10-4-7-13-5-2-1-3-6-13/h1-7,14H,8-12,15H2/b7-4+. The van der Waals surface area contributed by atoms with Crippen molar-refractivity contribution >= 4 is 6.08 Å². The van der Waals surface area contributed by atoms with Crippen molar-refractivity contribution in [1.29, 1.82) is 0 Å². The van der Waals surface area contributed by atoms with Crippen LogP contribution in [0.3, 0.4) is 0 Å². The van der Waals surface area contributed by atoms with Crippen LogP contribution in [0.5, 0.6) is 0 Å². The first-order valence-electron chi connectivity index (χ1n) is 6.04. The van der Waals surface area contributed by atoms with Crippen LogP contribution in [0.2, 0.25) is 0 Å². The molecule has 0 atom stereocenters. The summed E-state index contributed by atoms with van der Waals surface area (Å²) in [5.41, 5.74) is 7.15. The molecule has 1 aromatic carbocycles. The van der Waals surface area contributed by atoms with E-state index in [4.69, 9.17) is 5.73 Å². The smallest absolute Gasteiger partial charge is 0.0166 e. The van der Waals surface area contributed by atoms with Crippen LogP contribution in [0.25, 0.3) is 6.08 Å². The van der Waals surface area contributed by atoms with E-state index in [0.29, 0.717) is 6.04 Å². The lowest BCUT2D eigenvalue weighted by Gasteiger charge is -2.28. The topological polar surface area (TPSA) is 29.3 Å². The third-order valence-corrected chi connectivity index (χ3v) is 3.11. The molecular formula is C14H20N2. The molecule has 1 heterocycles. The molecule has 0 unspecified atom stereocenters. The van der Waals surface area contributed by atoms with Gasteiger partial charge in [-0.05, 0) is 31.5 Å². The Morgan fingerprint density at radius 3 is 2.56 bits per heavy atom. The summed E-state index contributed by atoms with van der Waals surface area (Å²) in [5, 5.41) is 0. The summed E-state index contributed by atoms with van der Waals surface area (Å²) in [7, 11) is 0. The van der Waals surface area contributed by atoms with Gasteiger partial charge in [-0.2, -0.15) is 0 Å². The maximum atomic E-state index is 5.87. The van der Waals surface area contributed by atoms with E-state index in [-0.39, 0.29) is 0 Å². The lowest BCUT2D eigenvalue weighted by Crippen LogP contribution is -2.39. The van der Waals surface area contributed by atoms with Gasteiger partial charge >= 0.3 is 0 Å². The van der Waals surface area contributed by atoms with Crippen LogP contribution in [-0.2, 0) is 0 Å². The highest BCUT2D eigenvalue weighted by Crippen LogP contribution is 2.08. The molecule has 2 heteroatoms. The van der Waals surface area contributed by atoms with Crippen LogP contribution in [0.1, 0.15) is 18.4 Å². The number of nitrogens with zero attached hydrogens (tertiary/aromatic N) is 1. The van der Waals surface area contributed by atoms with Gasteiger partial charge in [-0.15, -0.1) is 0 Å². The zero-order chi connectivity index (χ0) is 11.2. The molecule has 0 radical (unpaired) electrons. The Hall–Kier alpha value is -1.12. The average molecular weight is 216 g/mol. The number of nitrogens with two attached hydrogens (primary N) is 1. The first-order valence-corrected chi connectivity index (χ1v) is 6.04. The molecular weight excluding hydrogens is 196 g/mol. The Balaban J connectivity index is 1.77. The highest BCUT2D eigenvalue weighted by molar-refractivity contribution is 5.48. The second kappa shape index (κ2) is 5.83. The van der Waals surface area contributed by atoms with Gasteiger partial charge in [0.2, 0.25) is 0 Å². The van der Waals surface area contributed by atoms with Gasteiger partial charge < -0.3 is 5.73 Å². The monoisotopic (exact) mass is 216 g/mol. The second-order valence-corrected chi connectivity index (χ2v) is 4.45. The molecule has 16 heavy (non-hydrogen) atoms. The molecule has 0 amide bonds. The number of rotatable bonds is 3. The number of piperidine rings is 1. The van der Waals surface area contributed by atoms with E-state index < -0.39 is 0 Å². The van der Waals surface area contributed by atoms with E-state index in [2.05, 4.69) is 41.3 Å². The molecule has 0 saturated carbocycles. The Morgan fingerprint density at radius 2 is 1.88 bits per heavy atom. The molecule has 0 aromatic heterocycles. The first kappa shape index (κ1) is 11.4. The summed E-state index contributed by atoms with van der Waals surface area (Å²) in [6.07, 6.45) is 6.71. The van der Waals surface area contributed by atoms with Crippen molar-refractivity contribution < 1.29 is 0 Å². The Kier molecular flexibility index (Phi) is 4.14. The molecule has 0 aliphatic carbocycles. The van der Waals surface area contributed by atoms with Gasteiger partial charge in [-0.25, -0.2) is 0 Å². The molecule has 1 aliphatic heterocycles. The van der Waals surface area contributed by atoms with E-state index in [1.54, 1.807) is 0 Å². The molecule has 2 N–H and O–H groups in total. The Bertz CT molecular complexity index is 324. The van der Waals surface area contributed by atoms with E-state index in [0.717, 1.165) is 32.5 Å². The largest absolute Gasteiger partial charge is 0.328 e. The van der Waals surface area contributed by atoms with Gasteiger partial charge in [0.1, 0.15) is 0 Å². The van der Waals surface area contributed by atoms with Crippen molar-refractivity contribution in [3.8, 4) is 0 Å². The summed E-state index contributed by atoms with van der Waals surface area (Å²) in [5.74, 6) is 0. The van der Waals surface area contributed by atoms with Crippen LogP contribution in [0, 0.1) is 0 Å². The zero-order valence-corrected chi connectivity index (χ0v) is 9.68. The van der Waals surface area contributed by atoms with Crippen molar-refractivity contribution in [1.82, 2.24) is 4.90 Å². The first-order chi connectivity index (χ1) is 7.84. The summed E-state index contributed by atoms with van der Waals surface area (Å²) in [4.78, 5) is 2.46. The molecule has 1 aliphatic rings. The Labute approximate surface area is 97.8 Å². The van der Waals surface area contributed by atoms with Crippen molar-refractivity contribution in [2.24, 2.45) is 5.73 Å². The van der Waals surface area contributed by atoms with E-state index in [9.17, 15) is 0 Å². The fourth-order valence-corrected chi connectivity index (χ4v) is 2.04. The summed E-state index contributed by atoms with van der Waals surface area (Å²) >= 11 is 0. The normalized spacial score (nSPS) is 19.3. The Morgan fingerprint density at radius 1 is 1.19 bits per heavy atom. The highest BCUT2D eigenvalue weighted by Gasteiger charge is 2.13. The minimum atomic E-state index is 0.425. The fraction of sp³-hybridized carbons (Fsp3) is 0.429. The van der Waals surface area contributed by atoms with Crippen LogP contribution in [0.15, 0.2) is 36.4 Å². The second-order valence-electron chi connectivity index (χ2n) is 4.45. The predicted octanol–water partition coefficient (Wildman–Crippen LogP) is 2.12. The fourth-order valence-electron chi connectivity index (χ4n) is 2.04. The maximum absolute atomic E-state index is 5.87. The van der Waals surface area contributed by atoms with Gasteiger partial charge in [0.25, 0.3) is 0 Å². The summed E-state index contributed by atoms with van der Waals surface area (Å²) in [6, 6.07) is 10.9. The third-order valence-electron chi connectivity index (χ3n) is 3.11. The molecule has 2 rings (SSSR count). The molecule has 0 bridgehead atoms. The summed E-state index contributed by atoms with van der Waals surface area (Å²) in [6.45, 7) is 3.32. The van der Waals surface area contributed by atoms with Gasteiger partial charge in [0, 0.05) is 12.6 Å². The van der Waals surface area contributed by atoms with E-state index in [1.807, 2.05) is 6.07 Å². The molecule has 1 aromatic rings. The zero-order valence-electron chi connectivity index (χ0n) is 9.68. The summed E-state index contributed by atoms with van der Waals surface area (Å²) < 4.78 is 0. The minimum Gasteiger partial charge on any atom is -0.328 e. The quantitative estimate of drug-likeness (QED) is 0.838. The third kappa shape index (κ3) is 3.47. The SMILES string of the molecule is NC1CCN(C/C=C/c2ccccc2)CC1. The van der Waals surface area contributed by atoms with Crippen LogP contribution >= 0.6 is 0 Å². The van der Waals surface area contributed by atoms with Crippen LogP contribution in [0.4, 0.5) is 0 Å². The van der Waals surface area contributed by atoms with Crippen LogP contribution in [-0.4, -0.2) is 30.6 Å². The molecule has 86 valence electrons. The molecule has 2 nitrogen and oxygen atoms in total. The van der Waals surface area contributed by atoms with Crippen molar-refractivity contribution in [2.75, 3.05) is 19.6 Å². The van der Waals surface area contributed by atoms with Crippen molar-refractivity contribution in [2.45, 2.75) is 18.9 Å². The van der Waals surface area contributed by atoms with Gasteiger partial charge in [-0.1, -0.05) is 42.5 Å². The van der Waals surface area contributed by atoms with Crippen molar-refractivity contribution in [3.63, 3.8) is 0 Å². The van der Waals surface area contributed by atoms with Crippen molar-refractivity contribution in [3.05, 3.63) is 42.0 Å². The molecule has 1 saturated heterocycles.